The van der Waals surface area contributed by atoms with Gasteiger partial charge < -0.3 is 14.5 Å². The maximum absolute atomic E-state index is 12.2. The standard InChI is InChI=1S/C20H29N3O3/c1-15-5-9-23(10-6-15)18-3-4-19(21-13-18)20(25)26-14-17-7-11-22(12-8-17)16(2)24/h3-4,13,15,17H,5-12,14H2,1-2H3. The molecular weight excluding hydrogens is 330 g/mol. The minimum absolute atomic E-state index is 0.118. The normalized spacial score (nSPS) is 19.5. The summed E-state index contributed by atoms with van der Waals surface area (Å²) in [6.07, 6.45) is 5.94. The number of carbonyl (C=O) groups is 2. The highest BCUT2D eigenvalue weighted by molar-refractivity contribution is 5.87. The molecule has 2 saturated heterocycles. The maximum Gasteiger partial charge on any atom is 0.356 e. The summed E-state index contributed by atoms with van der Waals surface area (Å²) in [7, 11) is 0. The fourth-order valence-electron chi connectivity index (χ4n) is 3.64. The second-order valence-electron chi connectivity index (χ2n) is 7.62. The van der Waals surface area contributed by atoms with Crippen LogP contribution in [-0.2, 0) is 9.53 Å². The summed E-state index contributed by atoms with van der Waals surface area (Å²) in [4.78, 5) is 32.0. The molecule has 6 heteroatoms. The van der Waals surface area contributed by atoms with Crippen LogP contribution in [0.4, 0.5) is 5.69 Å². The Morgan fingerprint density at radius 3 is 2.38 bits per heavy atom. The predicted molar refractivity (Wildman–Crippen MR) is 100 cm³/mol. The molecule has 2 aliphatic rings. The van der Waals surface area contributed by atoms with Crippen molar-refractivity contribution in [2.45, 2.75) is 39.5 Å². The molecule has 2 aliphatic heterocycles. The van der Waals surface area contributed by atoms with Gasteiger partial charge in [-0.3, -0.25) is 4.79 Å². The van der Waals surface area contributed by atoms with Gasteiger partial charge in [0.2, 0.25) is 5.91 Å². The Balaban J connectivity index is 1.46. The number of carbonyl (C=O) groups excluding carboxylic acids is 2. The second-order valence-corrected chi connectivity index (χ2v) is 7.62. The summed E-state index contributed by atoms with van der Waals surface area (Å²) >= 11 is 0. The molecule has 0 spiro atoms. The molecule has 1 amide bonds. The molecule has 6 nitrogen and oxygen atoms in total. The topological polar surface area (TPSA) is 62.7 Å². The summed E-state index contributed by atoms with van der Waals surface area (Å²) in [5.41, 5.74) is 1.44. The van der Waals surface area contributed by atoms with Crippen LogP contribution in [0.25, 0.3) is 0 Å². The summed E-state index contributed by atoms with van der Waals surface area (Å²) in [5, 5.41) is 0. The highest BCUT2D eigenvalue weighted by atomic mass is 16.5. The van der Waals surface area contributed by atoms with Gasteiger partial charge in [-0.1, -0.05) is 6.92 Å². The van der Waals surface area contributed by atoms with Crippen LogP contribution in [-0.4, -0.2) is 54.5 Å². The highest BCUT2D eigenvalue weighted by Crippen LogP contribution is 2.23. The monoisotopic (exact) mass is 359 g/mol. The quantitative estimate of drug-likeness (QED) is 0.774. The van der Waals surface area contributed by atoms with E-state index >= 15 is 0 Å². The van der Waals surface area contributed by atoms with Gasteiger partial charge in [-0.2, -0.15) is 0 Å². The van der Waals surface area contributed by atoms with Crippen molar-refractivity contribution in [3.05, 3.63) is 24.0 Å². The Bertz CT molecular complexity index is 616. The Hall–Kier alpha value is -2.11. The van der Waals surface area contributed by atoms with E-state index in [0.29, 0.717) is 18.2 Å². The molecule has 0 bridgehead atoms. The lowest BCUT2D eigenvalue weighted by atomic mass is 9.98. The zero-order valence-electron chi connectivity index (χ0n) is 15.8. The zero-order valence-corrected chi connectivity index (χ0v) is 15.8. The SMILES string of the molecule is CC(=O)N1CCC(COC(=O)c2ccc(N3CCC(C)CC3)cn2)CC1. The van der Waals surface area contributed by atoms with Crippen molar-refractivity contribution >= 4 is 17.6 Å². The first-order valence-electron chi connectivity index (χ1n) is 9.66. The number of nitrogens with zero attached hydrogens (tertiary/aromatic N) is 3. The first-order chi connectivity index (χ1) is 12.5. The molecular formula is C20H29N3O3. The van der Waals surface area contributed by atoms with Gasteiger partial charge in [0, 0.05) is 33.1 Å². The molecule has 26 heavy (non-hydrogen) atoms. The van der Waals surface area contributed by atoms with E-state index < -0.39 is 0 Å². The Kier molecular flexibility index (Phi) is 6.12. The van der Waals surface area contributed by atoms with Crippen LogP contribution in [0.1, 0.15) is 50.0 Å². The van der Waals surface area contributed by atoms with E-state index in [4.69, 9.17) is 4.74 Å². The van der Waals surface area contributed by atoms with E-state index in [0.717, 1.165) is 50.6 Å². The average molecular weight is 359 g/mol. The smallest absolute Gasteiger partial charge is 0.356 e. The van der Waals surface area contributed by atoms with Gasteiger partial charge in [-0.15, -0.1) is 0 Å². The molecule has 1 aromatic rings. The van der Waals surface area contributed by atoms with Gasteiger partial charge in [-0.05, 0) is 49.7 Å². The largest absolute Gasteiger partial charge is 0.461 e. The molecule has 0 atom stereocenters. The molecule has 0 unspecified atom stereocenters. The van der Waals surface area contributed by atoms with Crippen molar-refractivity contribution in [2.75, 3.05) is 37.7 Å². The lowest BCUT2D eigenvalue weighted by molar-refractivity contribution is -0.130. The molecule has 142 valence electrons. The number of amides is 1. The minimum Gasteiger partial charge on any atom is -0.461 e. The van der Waals surface area contributed by atoms with E-state index in [9.17, 15) is 9.59 Å². The molecule has 2 fully saturated rings. The first kappa shape index (κ1) is 18.7. The van der Waals surface area contributed by atoms with Gasteiger partial charge in [0.1, 0.15) is 5.69 Å². The number of esters is 1. The third kappa shape index (κ3) is 4.74. The maximum atomic E-state index is 12.2. The fraction of sp³-hybridized carbons (Fsp3) is 0.650. The second kappa shape index (κ2) is 8.52. The minimum atomic E-state index is -0.363. The number of pyridine rings is 1. The zero-order chi connectivity index (χ0) is 18.5. The number of likely N-dealkylation sites (tertiary alicyclic amines) is 1. The van der Waals surface area contributed by atoms with E-state index in [1.54, 1.807) is 19.2 Å². The Morgan fingerprint density at radius 2 is 1.81 bits per heavy atom. The molecule has 1 aromatic heterocycles. The summed E-state index contributed by atoms with van der Waals surface area (Å²) in [6, 6.07) is 3.72. The number of hydrogen-bond donors (Lipinski definition) is 0. The van der Waals surface area contributed by atoms with E-state index in [-0.39, 0.29) is 11.9 Å². The number of rotatable bonds is 4. The third-order valence-corrected chi connectivity index (χ3v) is 5.62. The first-order valence-corrected chi connectivity index (χ1v) is 9.66. The van der Waals surface area contributed by atoms with Crippen molar-refractivity contribution < 1.29 is 14.3 Å². The van der Waals surface area contributed by atoms with E-state index in [1.165, 1.54) is 12.8 Å². The number of ether oxygens (including phenoxy) is 1. The molecule has 3 rings (SSSR count). The van der Waals surface area contributed by atoms with Crippen LogP contribution in [0.2, 0.25) is 0 Å². The van der Waals surface area contributed by atoms with Gasteiger partial charge in [-0.25, -0.2) is 9.78 Å². The summed E-state index contributed by atoms with van der Waals surface area (Å²) in [6.45, 7) is 7.88. The van der Waals surface area contributed by atoms with Crippen molar-refractivity contribution in [2.24, 2.45) is 11.8 Å². The van der Waals surface area contributed by atoms with Gasteiger partial charge in [0.05, 0.1) is 18.5 Å². The molecule has 3 heterocycles. The van der Waals surface area contributed by atoms with Crippen molar-refractivity contribution in [3.8, 4) is 0 Å². The predicted octanol–water partition coefficient (Wildman–Crippen LogP) is 2.73. The number of piperidine rings is 2. The lowest BCUT2D eigenvalue weighted by Crippen LogP contribution is -2.38. The molecule has 0 N–H and O–H groups in total. The average Bonchev–Trinajstić information content (AvgIpc) is 2.67. The molecule has 0 aliphatic carbocycles. The number of hydrogen-bond acceptors (Lipinski definition) is 5. The summed E-state index contributed by atoms with van der Waals surface area (Å²) in [5.74, 6) is 0.866. The Morgan fingerprint density at radius 1 is 1.12 bits per heavy atom. The number of aromatic nitrogens is 1. The fourth-order valence-corrected chi connectivity index (χ4v) is 3.64. The van der Waals surface area contributed by atoms with Crippen molar-refractivity contribution in [1.82, 2.24) is 9.88 Å². The Labute approximate surface area is 155 Å². The number of anilines is 1. The van der Waals surface area contributed by atoms with Gasteiger partial charge in [0.25, 0.3) is 0 Å². The van der Waals surface area contributed by atoms with Gasteiger partial charge in [0.15, 0.2) is 0 Å². The van der Waals surface area contributed by atoms with Crippen LogP contribution in [0.3, 0.4) is 0 Å². The van der Waals surface area contributed by atoms with Gasteiger partial charge >= 0.3 is 5.97 Å². The highest BCUT2D eigenvalue weighted by Gasteiger charge is 2.22. The molecule has 0 saturated carbocycles. The van der Waals surface area contributed by atoms with Crippen molar-refractivity contribution in [3.63, 3.8) is 0 Å². The van der Waals surface area contributed by atoms with Crippen LogP contribution in [0.15, 0.2) is 18.3 Å². The molecule has 0 aromatic carbocycles. The molecule has 0 radical (unpaired) electrons. The van der Waals surface area contributed by atoms with E-state index in [1.807, 2.05) is 11.0 Å². The van der Waals surface area contributed by atoms with Crippen LogP contribution >= 0.6 is 0 Å². The van der Waals surface area contributed by atoms with Crippen molar-refractivity contribution in [1.29, 1.82) is 0 Å². The van der Waals surface area contributed by atoms with Crippen LogP contribution < -0.4 is 4.90 Å². The third-order valence-electron chi connectivity index (χ3n) is 5.62. The summed E-state index contributed by atoms with van der Waals surface area (Å²) < 4.78 is 5.44. The van der Waals surface area contributed by atoms with Crippen LogP contribution in [0, 0.1) is 11.8 Å². The van der Waals surface area contributed by atoms with Crippen LogP contribution in [0.5, 0.6) is 0 Å². The van der Waals surface area contributed by atoms with E-state index in [2.05, 4.69) is 16.8 Å². The lowest BCUT2D eigenvalue weighted by Gasteiger charge is -2.32.